The smallest absolute Gasteiger partial charge is 0.408 e. The summed E-state index contributed by atoms with van der Waals surface area (Å²) in [6.07, 6.45) is 3.22. The highest BCUT2D eigenvalue weighted by atomic mass is 16.6. The summed E-state index contributed by atoms with van der Waals surface area (Å²) in [4.78, 5) is 12.1. The highest BCUT2D eigenvalue weighted by molar-refractivity contribution is 5.69. The fraction of sp³-hybridized carbons (Fsp3) is 0.556. The molecule has 24 heavy (non-hydrogen) atoms. The Morgan fingerprint density at radius 3 is 2.62 bits per heavy atom. The summed E-state index contributed by atoms with van der Waals surface area (Å²) in [6, 6.07) is 7.18. The molecule has 1 amide bonds. The van der Waals surface area contributed by atoms with E-state index in [0.717, 1.165) is 25.7 Å². The molecule has 0 bridgehead atoms. The highest BCUT2D eigenvalue weighted by Gasteiger charge is 2.37. The molecule has 0 aliphatic heterocycles. The molecule has 0 unspecified atom stereocenters. The number of hydrogen-bond donors (Lipinski definition) is 2. The van der Waals surface area contributed by atoms with Gasteiger partial charge in [-0.05, 0) is 45.7 Å². The number of benzene rings is 1. The number of nitrogen functional groups attached to an aromatic ring is 1. The topological polar surface area (TPSA) is 97.4 Å². The second-order valence-electron chi connectivity index (χ2n) is 7.24. The summed E-state index contributed by atoms with van der Waals surface area (Å²) in [6.45, 7) is 5.77. The third-order valence-electron chi connectivity index (χ3n) is 4.00. The number of amides is 1. The largest absolute Gasteiger partial charge is 0.490 e. The Balaban J connectivity index is 2.08. The molecule has 3 N–H and O–H groups in total. The van der Waals surface area contributed by atoms with Gasteiger partial charge in [-0.15, -0.1) is 0 Å². The van der Waals surface area contributed by atoms with Gasteiger partial charge in [0.15, 0.2) is 0 Å². The van der Waals surface area contributed by atoms with Crippen LogP contribution >= 0.6 is 0 Å². The Morgan fingerprint density at radius 2 is 2.04 bits per heavy atom. The molecule has 1 aromatic rings. The third kappa shape index (κ3) is 4.54. The number of ether oxygens (including phenoxy) is 2. The van der Waals surface area contributed by atoms with Crippen LogP contribution in [0.15, 0.2) is 18.2 Å². The number of alkyl carbamates (subject to hydrolysis) is 1. The average Bonchev–Trinajstić information content (AvgIpc) is 2.92. The Bertz CT molecular complexity index is 638. The minimum absolute atomic E-state index is 0.282. The van der Waals surface area contributed by atoms with Crippen LogP contribution in [0.25, 0.3) is 0 Å². The number of hydrogen-bond acceptors (Lipinski definition) is 5. The quantitative estimate of drug-likeness (QED) is 0.825. The van der Waals surface area contributed by atoms with E-state index in [1.807, 2.05) is 20.8 Å². The molecule has 0 atom stereocenters. The van der Waals surface area contributed by atoms with Gasteiger partial charge in [-0.3, -0.25) is 0 Å². The zero-order chi connectivity index (χ0) is 17.8. The van der Waals surface area contributed by atoms with Gasteiger partial charge in [-0.2, -0.15) is 5.26 Å². The maximum absolute atomic E-state index is 12.1. The average molecular weight is 331 g/mol. The number of nitriles is 1. The molecule has 0 saturated heterocycles. The maximum Gasteiger partial charge on any atom is 0.408 e. The van der Waals surface area contributed by atoms with Crippen LogP contribution in [0.3, 0.4) is 0 Å². The zero-order valence-electron chi connectivity index (χ0n) is 14.5. The van der Waals surface area contributed by atoms with Crippen molar-refractivity contribution in [2.75, 3.05) is 12.3 Å². The predicted octanol–water partition coefficient (Wildman–Crippen LogP) is 3.36. The first kappa shape index (κ1) is 17.9. The summed E-state index contributed by atoms with van der Waals surface area (Å²) in [5.74, 6) is 0.440. The number of carbonyl (C=O) groups is 1. The van der Waals surface area contributed by atoms with Crippen LogP contribution < -0.4 is 15.8 Å². The lowest BCUT2D eigenvalue weighted by molar-refractivity contribution is 0.0416. The van der Waals surface area contributed by atoms with Crippen LogP contribution in [0, 0.1) is 11.3 Å². The molecule has 0 radical (unpaired) electrons. The Hall–Kier alpha value is -2.42. The molecule has 1 aliphatic carbocycles. The van der Waals surface area contributed by atoms with Crippen LogP contribution in [-0.4, -0.2) is 23.8 Å². The van der Waals surface area contributed by atoms with Gasteiger partial charge in [0.1, 0.15) is 29.6 Å². The van der Waals surface area contributed by atoms with E-state index in [1.54, 1.807) is 18.2 Å². The Labute approximate surface area is 142 Å². The van der Waals surface area contributed by atoms with E-state index in [4.69, 9.17) is 15.2 Å². The van der Waals surface area contributed by atoms with Crippen molar-refractivity contribution in [1.29, 1.82) is 5.26 Å². The van der Waals surface area contributed by atoms with Crippen LogP contribution in [0.4, 0.5) is 10.5 Å². The highest BCUT2D eigenvalue weighted by Crippen LogP contribution is 2.32. The fourth-order valence-electron chi connectivity index (χ4n) is 2.88. The number of rotatable bonds is 4. The molecule has 1 aromatic carbocycles. The number of nitrogens with zero attached hydrogens (tertiary/aromatic N) is 1. The molecule has 1 fully saturated rings. The molecule has 1 saturated carbocycles. The third-order valence-corrected chi connectivity index (χ3v) is 4.00. The molecule has 0 spiro atoms. The van der Waals surface area contributed by atoms with Crippen LogP contribution in [0.5, 0.6) is 5.75 Å². The first-order valence-electron chi connectivity index (χ1n) is 8.17. The molecule has 6 heteroatoms. The summed E-state index contributed by atoms with van der Waals surface area (Å²) in [5.41, 5.74) is 5.49. The number of carbonyl (C=O) groups excluding carboxylic acids is 1. The van der Waals surface area contributed by atoms with Crippen molar-refractivity contribution in [2.24, 2.45) is 0 Å². The SMILES string of the molecule is CC(C)(C)OC(=O)NC1(COc2cccc(N)c2C#N)CCCC1. The normalized spacial score (nSPS) is 16.2. The van der Waals surface area contributed by atoms with E-state index in [-0.39, 0.29) is 6.61 Å². The fourth-order valence-corrected chi connectivity index (χ4v) is 2.88. The number of anilines is 1. The van der Waals surface area contributed by atoms with Gasteiger partial charge in [-0.25, -0.2) is 4.79 Å². The molecule has 6 nitrogen and oxygen atoms in total. The first-order valence-corrected chi connectivity index (χ1v) is 8.17. The van der Waals surface area contributed by atoms with Crippen molar-refractivity contribution >= 4 is 11.8 Å². The van der Waals surface area contributed by atoms with Crippen molar-refractivity contribution < 1.29 is 14.3 Å². The number of nitrogens with one attached hydrogen (secondary N) is 1. The molecule has 0 heterocycles. The van der Waals surface area contributed by atoms with E-state index in [1.165, 1.54) is 0 Å². The molecule has 0 aromatic heterocycles. The van der Waals surface area contributed by atoms with Crippen molar-refractivity contribution in [2.45, 2.75) is 57.6 Å². The molecular weight excluding hydrogens is 306 g/mol. The van der Waals surface area contributed by atoms with Gasteiger partial charge in [0.25, 0.3) is 0 Å². The van der Waals surface area contributed by atoms with Crippen molar-refractivity contribution in [3.8, 4) is 11.8 Å². The first-order chi connectivity index (χ1) is 11.2. The van der Waals surface area contributed by atoms with E-state index >= 15 is 0 Å². The lowest BCUT2D eigenvalue weighted by atomic mass is 9.99. The Morgan fingerprint density at radius 1 is 1.38 bits per heavy atom. The van der Waals surface area contributed by atoms with Gasteiger partial charge in [0.2, 0.25) is 0 Å². The van der Waals surface area contributed by atoms with E-state index in [2.05, 4.69) is 11.4 Å². The monoisotopic (exact) mass is 331 g/mol. The van der Waals surface area contributed by atoms with Gasteiger partial charge >= 0.3 is 6.09 Å². The molecule has 1 aliphatic rings. The Kier molecular flexibility index (Phi) is 5.23. The summed E-state index contributed by atoms with van der Waals surface area (Å²) < 4.78 is 11.2. The minimum atomic E-state index is -0.549. The van der Waals surface area contributed by atoms with Crippen LogP contribution in [-0.2, 0) is 4.74 Å². The zero-order valence-corrected chi connectivity index (χ0v) is 14.5. The lowest BCUT2D eigenvalue weighted by Crippen LogP contribution is -2.52. The molecular formula is C18H25N3O3. The van der Waals surface area contributed by atoms with Crippen molar-refractivity contribution in [1.82, 2.24) is 5.32 Å². The molecule has 130 valence electrons. The predicted molar refractivity (Wildman–Crippen MR) is 91.6 cm³/mol. The van der Waals surface area contributed by atoms with E-state index < -0.39 is 17.2 Å². The second-order valence-corrected chi connectivity index (χ2v) is 7.24. The molecule has 2 rings (SSSR count). The van der Waals surface area contributed by atoms with E-state index in [0.29, 0.717) is 17.0 Å². The summed E-state index contributed by atoms with van der Waals surface area (Å²) in [7, 11) is 0. The summed E-state index contributed by atoms with van der Waals surface area (Å²) in [5, 5.41) is 12.2. The van der Waals surface area contributed by atoms with Crippen LogP contribution in [0.2, 0.25) is 0 Å². The van der Waals surface area contributed by atoms with Gasteiger partial charge in [0, 0.05) is 0 Å². The van der Waals surface area contributed by atoms with Gasteiger partial charge in [0.05, 0.1) is 11.2 Å². The van der Waals surface area contributed by atoms with E-state index in [9.17, 15) is 10.1 Å². The lowest BCUT2D eigenvalue weighted by Gasteiger charge is -2.31. The minimum Gasteiger partial charge on any atom is -0.490 e. The standard InChI is InChI=1S/C18H25N3O3/c1-17(2,3)24-16(22)21-18(9-4-5-10-18)12-23-15-8-6-7-14(20)13(15)11-19/h6-8H,4-5,9-10,12,20H2,1-3H3,(H,21,22). The van der Waals surface area contributed by atoms with Gasteiger partial charge < -0.3 is 20.5 Å². The van der Waals surface area contributed by atoms with Crippen molar-refractivity contribution in [3.63, 3.8) is 0 Å². The van der Waals surface area contributed by atoms with Gasteiger partial charge in [-0.1, -0.05) is 18.9 Å². The number of nitrogens with two attached hydrogens (primary N) is 1. The van der Waals surface area contributed by atoms with Crippen LogP contribution in [0.1, 0.15) is 52.0 Å². The second kappa shape index (κ2) is 7.00. The van der Waals surface area contributed by atoms with Crippen molar-refractivity contribution in [3.05, 3.63) is 23.8 Å². The summed E-state index contributed by atoms with van der Waals surface area (Å²) >= 11 is 0. The maximum atomic E-state index is 12.1.